The number of amidine groups is 1. The van der Waals surface area contributed by atoms with Crippen molar-refractivity contribution < 1.29 is 5.21 Å². The van der Waals surface area contributed by atoms with Crippen molar-refractivity contribution in [2.75, 3.05) is 0 Å². The molecule has 0 saturated heterocycles. The Hall–Kier alpha value is -1.55. The van der Waals surface area contributed by atoms with Gasteiger partial charge in [0.2, 0.25) is 0 Å². The van der Waals surface area contributed by atoms with Gasteiger partial charge in [-0.15, -0.1) is 0 Å². The van der Waals surface area contributed by atoms with Crippen molar-refractivity contribution in [3.8, 4) is 0 Å². The lowest BCUT2D eigenvalue weighted by molar-refractivity contribution is 0.175. The average Bonchev–Trinajstić information content (AvgIpc) is 2.37. The number of nitrogens with one attached hydrogen (secondary N) is 1. The zero-order valence-corrected chi connectivity index (χ0v) is 10.8. The zero-order valence-electron chi connectivity index (χ0n) is 10.8. The Labute approximate surface area is 108 Å². The number of benzene rings is 1. The van der Waals surface area contributed by atoms with Gasteiger partial charge in [-0.3, -0.25) is 0 Å². The van der Waals surface area contributed by atoms with Crippen LogP contribution in [0.2, 0.25) is 0 Å². The molecule has 0 amide bonds. The molecular weight excluding hydrogens is 226 g/mol. The number of rotatable bonds is 5. The van der Waals surface area contributed by atoms with Gasteiger partial charge in [-0.05, 0) is 37.3 Å². The molecule has 18 heavy (non-hydrogen) atoms. The molecule has 1 aromatic carbocycles. The highest BCUT2D eigenvalue weighted by molar-refractivity contribution is 5.97. The Bertz CT molecular complexity index is 433. The molecule has 4 N–H and O–H groups in total. The van der Waals surface area contributed by atoms with E-state index < -0.39 is 0 Å². The van der Waals surface area contributed by atoms with E-state index in [0.717, 1.165) is 12.1 Å². The summed E-state index contributed by atoms with van der Waals surface area (Å²) in [5.74, 6) is 0.158. The number of hydrogen-bond acceptors (Lipinski definition) is 3. The predicted molar refractivity (Wildman–Crippen MR) is 72.7 cm³/mol. The van der Waals surface area contributed by atoms with Crippen LogP contribution >= 0.6 is 0 Å². The number of oxime groups is 1. The molecule has 2 rings (SSSR count). The SMILES string of the molecule is CCC1(NCc2cccc(/C(N)=N/O)c2)CCC1. The summed E-state index contributed by atoms with van der Waals surface area (Å²) >= 11 is 0. The molecule has 0 atom stereocenters. The first kappa shape index (κ1) is 12.9. The van der Waals surface area contributed by atoms with Gasteiger partial charge in [0.25, 0.3) is 0 Å². The lowest BCUT2D eigenvalue weighted by Gasteiger charge is -2.42. The average molecular weight is 247 g/mol. The van der Waals surface area contributed by atoms with E-state index >= 15 is 0 Å². The molecule has 1 fully saturated rings. The first-order chi connectivity index (χ1) is 8.69. The van der Waals surface area contributed by atoms with Crippen LogP contribution in [0.1, 0.15) is 43.7 Å². The molecule has 1 aliphatic carbocycles. The maximum atomic E-state index is 8.67. The van der Waals surface area contributed by atoms with Crippen molar-refractivity contribution in [3.05, 3.63) is 35.4 Å². The minimum Gasteiger partial charge on any atom is -0.409 e. The summed E-state index contributed by atoms with van der Waals surface area (Å²) in [4.78, 5) is 0. The van der Waals surface area contributed by atoms with Gasteiger partial charge in [0.05, 0.1) is 0 Å². The van der Waals surface area contributed by atoms with E-state index in [1.54, 1.807) is 0 Å². The van der Waals surface area contributed by atoms with Crippen LogP contribution in [0.15, 0.2) is 29.4 Å². The third-order valence-corrected chi connectivity index (χ3v) is 3.99. The maximum absolute atomic E-state index is 8.67. The Balaban J connectivity index is 2.01. The van der Waals surface area contributed by atoms with Crippen LogP contribution in [0.5, 0.6) is 0 Å². The van der Waals surface area contributed by atoms with E-state index in [9.17, 15) is 0 Å². The first-order valence-electron chi connectivity index (χ1n) is 6.51. The van der Waals surface area contributed by atoms with Gasteiger partial charge in [-0.2, -0.15) is 0 Å². The summed E-state index contributed by atoms with van der Waals surface area (Å²) in [5.41, 5.74) is 7.85. The molecule has 0 heterocycles. The van der Waals surface area contributed by atoms with Crippen LogP contribution in [0.3, 0.4) is 0 Å². The standard InChI is InChI=1S/C14H21N3O/c1-2-14(7-4-8-14)16-10-11-5-3-6-12(9-11)13(15)17-18/h3,5-6,9,16,18H,2,4,7-8,10H2,1H3,(H2,15,17). The van der Waals surface area contributed by atoms with Gasteiger partial charge in [0.1, 0.15) is 0 Å². The van der Waals surface area contributed by atoms with Crippen LogP contribution in [-0.4, -0.2) is 16.6 Å². The smallest absolute Gasteiger partial charge is 0.170 e. The van der Waals surface area contributed by atoms with E-state index in [1.807, 2.05) is 18.2 Å². The first-order valence-corrected chi connectivity index (χ1v) is 6.51. The number of nitrogens with two attached hydrogens (primary N) is 1. The molecule has 0 spiro atoms. The normalized spacial score (nSPS) is 18.4. The van der Waals surface area contributed by atoms with Crippen molar-refractivity contribution in [3.63, 3.8) is 0 Å². The summed E-state index contributed by atoms with van der Waals surface area (Å²) in [7, 11) is 0. The molecular formula is C14H21N3O. The summed E-state index contributed by atoms with van der Waals surface area (Å²) in [6.45, 7) is 3.07. The van der Waals surface area contributed by atoms with E-state index in [4.69, 9.17) is 10.9 Å². The highest BCUT2D eigenvalue weighted by Gasteiger charge is 2.34. The Morgan fingerprint density at radius 1 is 1.50 bits per heavy atom. The summed E-state index contributed by atoms with van der Waals surface area (Å²) in [6, 6.07) is 7.80. The largest absolute Gasteiger partial charge is 0.409 e. The Kier molecular flexibility index (Phi) is 3.87. The molecule has 0 aliphatic heterocycles. The fourth-order valence-electron chi connectivity index (χ4n) is 2.45. The fraction of sp³-hybridized carbons (Fsp3) is 0.500. The third-order valence-electron chi connectivity index (χ3n) is 3.99. The quantitative estimate of drug-likeness (QED) is 0.323. The van der Waals surface area contributed by atoms with Crippen LogP contribution in [-0.2, 0) is 6.54 Å². The highest BCUT2D eigenvalue weighted by Crippen LogP contribution is 2.34. The molecule has 0 radical (unpaired) electrons. The van der Waals surface area contributed by atoms with Gasteiger partial charge >= 0.3 is 0 Å². The van der Waals surface area contributed by atoms with Crippen LogP contribution < -0.4 is 11.1 Å². The Morgan fingerprint density at radius 2 is 2.28 bits per heavy atom. The van der Waals surface area contributed by atoms with Crippen molar-refractivity contribution in [2.45, 2.75) is 44.7 Å². The van der Waals surface area contributed by atoms with Gasteiger partial charge in [0.15, 0.2) is 5.84 Å². The predicted octanol–water partition coefficient (Wildman–Crippen LogP) is 2.20. The number of nitrogens with zero attached hydrogens (tertiary/aromatic N) is 1. The third kappa shape index (κ3) is 2.64. The van der Waals surface area contributed by atoms with Crippen LogP contribution in [0.25, 0.3) is 0 Å². The second-order valence-electron chi connectivity index (χ2n) is 5.03. The molecule has 1 aromatic rings. The van der Waals surface area contributed by atoms with Crippen molar-refractivity contribution in [1.29, 1.82) is 0 Å². The van der Waals surface area contributed by atoms with Crippen molar-refractivity contribution in [1.82, 2.24) is 5.32 Å². The molecule has 4 heteroatoms. The lowest BCUT2D eigenvalue weighted by Crippen LogP contribution is -2.49. The van der Waals surface area contributed by atoms with Crippen LogP contribution in [0, 0.1) is 0 Å². The molecule has 4 nitrogen and oxygen atoms in total. The monoisotopic (exact) mass is 247 g/mol. The zero-order chi connectivity index (χ0) is 13.0. The molecule has 0 unspecified atom stereocenters. The Morgan fingerprint density at radius 3 is 2.83 bits per heavy atom. The lowest BCUT2D eigenvalue weighted by atomic mass is 9.75. The van der Waals surface area contributed by atoms with Gasteiger partial charge in [0, 0.05) is 17.6 Å². The second-order valence-corrected chi connectivity index (χ2v) is 5.03. The van der Waals surface area contributed by atoms with E-state index in [0.29, 0.717) is 5.54 Å². The minimum absolute atomic E-state index is 0.158. The van der Waals surface area contributed by atoms with E-state index in [1.165, 1.54) is 31.2 Å². The molecule has 0 aromatic heterocycles. The summed E-state index contributed by atoms with van der Waals surface area (Å²) < 4.78 is 0. The summed E-state index contributed by atoms with van der Waals surface area (Å²) in [5, 5.41) is 15.3. The minimum atomic E-state index is 0.158. The van der Waals surface area contributed by atoms with Crippen LogP contribution in [0.4, 0.5) is 0 Å². The molecule has 0 bridgehead atoms. The second kappa shape index (κ2) is 5.40. The molecule has 1 saturated carbocycles. The maximum Gasteiger partial charge on any atom is 0.170 e. The van der Waals surface area contributed by atoms with Crippen molar-refractivity contribution >= 4 is 5.84 Å². The highest BCUT2D eigenvalue weighted by atomic mass is 16.4. The van der Waals surface area contributed by atoms with E-state index in [2.05, 4.69) is 23.5 Å². The van der Waals surface area contributed by atoms with Gasteiger partial charge in [-0.1, -0.05) is 30.3 Å². The molecule has 98 valence electrons. The fourth-order valence-corrected chi connectivity index (χ4v) is 2.45. The molecule has 1 aliphatic rings. The summed E-state index contributed by atoms with van der Waals surface area (Å²) in [6.07, 6.45) is 5.03. The van der Waals surface area contributed by atoms with Crippen molar-refractivity contribution in [2.24, 2.45) is 10.9 Å². The van der Waals surface area contributed by atoms with Gasteiger partial charge < -0.3 is 16.3 Å². The number of hydrogen-bond donors (Lipinski definition) is 3. The van der Waals surface area contributed by atoms with E-state index in [-0.39, 0.29) is 5.84 Å². The topological polar surface area (TPSA) is 70.6 Å². The van der Waals surface area contributed by atoms with Gasteiger partial charge in [-0.25, -0.2) is 0 Å².